The molecule has 0 aliphatic carbocycles. The molecular weight excluding hydrogens is 284 g/mol. The number of hydrogen-bond acceptors (Lipinski definition) is 2. The highest BCUT2D eigenvalue weighted by Gasteiger charge is 2.27. The van der Waals surface area contributed by atoms with Crippen LogP contribution in [-0.2, 0) is 0 Å². The van der Waals surface area contributed by atoms with Crippen LogP contribution in [0.25, 0.3) is 0 Å². The molecule has 0 spiro atoms. The topological polar surface area (TPSA) is 15.3 Å². The minimum absolute atomic E-state index is 0.0395. The number of halogens is 4. The highest BCUT2D eigenvalue weighted by Crippen LogP contribution is 2.29. The Morgan fingerprint density at radius 2 is 1.81 bits per heavy atom. The zero-order valence-electron chi connectivity index (χ0n) is 12.2. The van der Waals surface area contributed by atoms with E-state index >= 15 is 0 Å². The molecule has 0 aromatic heterocycles. The fraction of sp³-hybridized carbons (Fsp3) is 0.600. The fourth-order valence-electron chi connectivity index (χ4n) is 2.77. The minimum atomic E-state index is -1.36. The summed E-state index contributed by atoms with van der Waals surface area (Å²) in [6.45, 7) is 5.52. The first-order valence-electron chi connectivity index (χ1n) is 7.21. The molecule has 1 fully saturated rings. The molecule has 1 atom stereocenters. The summed E-state index contributed by atoms with van der Waals surface area (Å²) in [6.07, 6.45) is 1.49. The molecule has 1 aliphatic heterocycles. The maximum Gasteiger partial charge on any atom is 0.185 e. The van der Waals surface area contributed by atoms with Gasteiger partial charge >= 0.3 is 0 Å². The zero-order valence-corrected chi connectivity index (χ0v) is 12.2. The van der Waals surface area contributed by atoms with Gasteiger partial charge in [0.2, 0.25) is 0 Å². The van der Waals surface area contributed by atoms with Crippen molar-refractivity contribution in [2.24, 2.45) is 5.92 Å². The SMILES string of the molecule is CC(C)CC1CN(c2c(F)c(F)cc(F)c2F)CCCN1. The van der Waals surface area contributed by atoms with Crippen LogP contribution in [0.15, 0.2) is 6.07 Å². The molecule has 2 rings (SSSR count). The fourth-order valence-corrected chi connectivity index (χ4v) is 2.77. The van der Waals surface area contributed by atoms with E-state index in [0.717, 1.165) is 13.0 Å². The first-order valence-corrected chi connectivity index (χ1v) is 7.21. The van der Waals surface area contributed by atoms with E-state index in [9.17, 15) is 17.6 Å². The molecule has 1 unspecified atom stereocenters. The second kappa shape index (κ2) is 6.64. The van der Waals surface area contributed by atoms with Crippen molar-refractivity contribution >= 4 is 5.69 Å². The van der Waals surface area contributed by atoms with Crippen molar-refractivity contribution in [1.29, 1.82) is 0 Å². The van der Waals surface area contributed by atoms with E-state index in [4.69, 9.17) is 0 Å². The van der Waals surface area contributed by atoms with Crippen LogP contribution in [0.2, 0.25) is 0 Å². The normalized spacial score (nSPS) is 20.0. The Labute approximate surface area is 122 Å². The van der Waals surface area contributed by atoms with Gasteiger partial charge in [0, 0.05) is 25.2 Å². The highest BCUT2D eigenvalue weighted by molar-refractivity contribution is 5.50. The second-order valence-corrected chi connectivity index (χ2v) is 5.90. The first-order chi connectivity index (χ1) is 9.90. The van der Waals surface area contributed by atoms with Crippen molar-refractivity contribution in [3.8, 4) is 0 Å². The average molecular weight is 304 g/mol. The number of nitrogens with one attached hydrogen (secondary N) is 1. The summed E-state index contributed by atoms with van der Waals surface area (Å²) >= 11 is 0. The van der Waals surface area contributed by atoms with Crippen molar-refractivity contribution < 1.29 is 17.6 Å². The largest absolute Gasteiger partial charge is 0.365 e. The third kappa shape index (κ3) is 3.67. The van der Waals surface area contributed by atoms with E-state index in [0.29, 0.717) is 25.4 Å². The maximum absolute atomic E-state index is 13.9. The molecule has 0 amide bonds. The Morgan fingerprint density at radius 1 is 1.19 bits per heavy atom. The molecule has 1 aliphatic rings. The van der Waals surface area contributed by atoms with Gasteiger partial charge in [0.1, 0.15) is 5.69 Å². The lowest BCUT2D eigenvalue weighted by Gasteiger charge is -2.28. The summed E-state index contributed by atoms with van der Waals surface area (Å²) in [5, 5.41) is 3.31. The lowest BCUT2D eigenvalue weighted by molar-refractivity contribution is 0.427. The molecule has 2 nitrogen and oxygen atoms in total. The van der Waals surface area contributed by atoms with Crippen LogP contribution < -0.4 is 10.2 Å². The van der Waals surface area contributed by atoms with Crippen LogP contribution in [0.3, 0.4) is 0 Å². The van der Waals surface area contributed by atoms with E-state index in [1.165, 1.54) is 4.90 Å². The molecule has 1 aromatic rings. The molecule has 1 heterocycles. The van der Waals surface area contributed by atoms with Crippen LogP contribution in [0.5, 0.6) is 0 Å². The van der Waals surface area contributed by atoms with Crippen molar-refractivity contribution in [1.82, 2.24) is 5.32 Å². The number of anilines is 1. The van der Waals surface area contributed by atoms with Gasteiger partial charge in [-0.05, 0) is 25.3 Å². The quantitative estimate of drug-likeness (QED) is 0.679. The van der Waals surface area contributed by atoms with Gasteiger partial charge in [0.05, 0.1) is 0 Å². The Hall–Kier alpha value is -1.30. The Bertz CT molecular complexity index is 479. The molecule has 1 N–H and O–H groups in total. The number of benzene rings is 1. The molecule has 1 saturated heterocycles. The van der Waals surface area contributed by atoms with Crippen molar-refractivity contribution in [3.05, 3.63) is 29.3 Å². The summed E-state index contributed by atoms with van der Waals surface area (Å²) in [5.74, 6) is -4.94. The van der Waals surface area contributed by atoms with E-state index in [1.807, 2.05) is 0 Å². The number of rotatable bonds is 3. The third-order valence-electron chi connectivity index (χ3n) is 3.64. The zero-order chi connectivity index (χ0) is 15.6. The monoisotopic (exact) mass is 304 g/mol. The molecule has 118 valence electrons. The first kappa shape index (κ1) is 16.1. The summed E-state index contributed by atoms with van der Waals surface area (Å²) in [7, 11) is 0. The molecule has 21 heavy (non-hydrogen) atoms. The molecular formula is C15H20F4N2. The Kier molecular flexibility index (Phi) is 5.08. The standard InChI is InChI=1S/C15H20F4N2/c1-9(2)6-10-8-21(5-3-4-20-10)15-13(18)11(16)7-12(17)14(15)19/h7,9-10,20H,3-6,8H2,1-2H3. The minimum Gasteiger partial charge on any atom is -0.365 e. The third-order valence-corrected chi connectivity index (χ3v) is 3.64. The van der Waals surface area contributed by atoms with Gasteiger partial charge in [-0.15, -0.1) is 0 Å². The van der Waals surface area contributed by atoms with Crippen LogP contribution in [-0.4, -0.2) is 25.7 Å². The lowest BCUT2D eigenvalue weighted by Crippen LogP contribution is -2.39. The van der Waals surface area contributed by atoms with Crippen molar-refractivity contribution in [2.45, 2.75) is 32.7 Å². The average Bonchev–Trinajstić information content (AvgIpc) is 2.62. The van der Waals surface area contributed by atoms with E-state index in [-0.39, 0.29) is 12.1 Å². The number of nitrogens with zero attached hydrogens (tertiary/aromatic N) is 1. The number of hydrogen-bond donors (Lipinski definition) is 1. The molecule has 0 bridgehead atoms. The van der Waals surface area contributed by atoms with Crippen molar-refractivity contribution in [3.63, 3.8) is 0 Å². The van der Waals surface area contributed by atoms with Gasteiger partial charge in [-0.3, -0.25) is 0 Å². The van der Waals surface area contributed by atoms with Crippen LogP contribution in [0.1, 0.15) is 26.7 Å². The van der Waals surface area contributed by atoms with E-state index in [1.54, 1.807) is 0 Å². The van der Waals surface area contributed by atoms with Crippen LogP contribution in [0.4, 0.5) is 23.2 Å². The Balaban J connectivity index is 2.31. The predicted octanol–water partition coefficient (Wildman–Crippen LogP) is 3.46. The summed E-state index contributed by atoms with van der Waals surface area (Å²) in [6, 6.07) is 0.285. The summed E-state index contributed by atoms with van der Waals surface area (Å²) in [4.78, 5) is 1.41. The molecule has 6 heteroatoms. The second-order valence-electron chi connectivity index (χ2n) is 5.90. The molecule has 1 aromatic carbocycles. The molecule has 0 radical (unpaired) electrons. The van der Waals surface area contributed by atoms with Gasteiger partial charge in [0.25, 0.3) is 0 Å². The van der Waals surface area contributed by atoms with E-state index in [2.05, 4.69) is 19.2 Å². The van der Waals surface area contributed by atoms with Gasteiger partial charge < -0.3 is 10.2 Å². The van der Waals surface area contributed by atoms with Gasteiger partial charge in [0.15, 0.2) is 23.3 Å². The highest BCUT2D eigenvalue weighted by atomic mass is 19.2. The molecule has 0 saturated carbocycles. The van der Waals surface area contributed by atoms with Crippen LogP contribution >= 0.6 is 0 Å². The summed E-state index contributed by atoms with van der Waals surface area (Å²) < 4.78 is 54.5. The van der Waals surface area contributed by atoms with Gasteiger partial charge in [-0.2, -0.15) is 0 Å². The summed E-state index contributed by atoms with van der Waals surface area (Å²) in [5.41, 5.74) is -0.593. The van der Waals surface area contributed by atoms with Gasteiger partial charge in [-0.25, -0.2) is 17.6 Å². The van der Waals surface area contributed by atoms with Crippen LogP contribution in [0, 0.1) is 29.2 Å². The van der Waals surface area contributed by atoms with E-state index < -0.39 is 29.0 Å². The maximum atomic E-state index is 13.9. The lowest BCUT2D eigenvalue weighted by atomic mass is 10.0. The van der Waals surface area contributed by atoms with Gasteiger partial charge in [-0.1, -0.05) is 13.8 Å². The Morgan fingerprint density at radius 3 is 2.38 bits per heavy atom. The smallest absolute Gasteiger partial charge is 0.185 e. The van der Waals surface area contributed by atoms with Crippen molar-refractivity contribution in [2.75, 3.05) is 24.5 Å². The predicted molar refractivity (Wildman–Crippen MR) is 74.3 cm³/mol.